The molecule has 0 saturated carbocycles. The van der Waals surface area contributed by atoms with Crippen LogP contribution in [0.4, 0.5) is 5.82 Å². The molecule has 8 nitrogen and oxygen atoms in total. The van der Waals surface area contributed by atoms with E-state index in [4.69, 9.17) is 16.0 Å². The summed E-state index contributed by atoms with van der Waals surface area (Å²) in [5, 5.41) is 7.61. The number of nitrogens with zero attached hydrogens (tertiary/aromatic N) is 3. The van der Waals surface area contributed by atoms with Crippen molar-refractivity contribution in [3.05, 3.63) is 104 Å². The maximum absolute atomic E-state index is 13.0. The summed E-state index contributed by atoms with van der Waals surface area (Å²) in [7, 11) is 0. The number of rotatable bonds is 5. The Morgan fingerprint density at radius 2 is 1.85 bits per heavy atom. The van der Waals surface area contributed by atoms with Gasteiger partial charge in [0.05, 0.1) is 22.5 Å². The molecule has 2 N–H and O–H groups in total. The lowest BCUT2D eigenvalue weighted by Crippen LogP contribution is -2.19. The van der Waals surface area contributed by atoms with Crippen LogP contribution in [0.3, 0.4) is 0 Å². The number of H-pyrrole nitrogens is 1. The van der Waals surface area contributed by atoms with Gasteiger partial charge in [-0.1, -0.05) is 57.9 Å². The number of aromatic amines is 1. The molecule has 0 aliphatic heterocycles. The van der Waals surface area contributed by atoms with Crippen LogP contribution in [0.5, 0.6) is 0 Å². The van der Waals surface area contributed by atoms with E-state index < -0.39 is 5.91 Å². The average Bonchev–Trinajstić information content (AvgIpc) is 3.51. The molecule has 5 aromatic rings. The summed E-state index contributed by atoms with van der Waals surface area (Å²) in [6, 6.07) is 20.7. The minimum absolute atomic E-state index is 0.125. The van der Waals surface area contributed by atoms with Crippen LogP contribution in [-0.4, -0.2) is 25.7 Å². The van der Waals surface area contributed by atoms with E-state index in [1.165, 1.54) is 17.0 Å². The molecule has 34 heavy (non-hydrogen) atoms. The summed E-state index contributed by atoms with van der Waals surface area (Å²) in [6.07, 6.45) is 1.52. The zero-order valence-electron chi connectivity index (χ0n) is 17.3. The van der Waals surface area contributed by atoms with Crippen LogP contribution in [0.15, 0.2) is 92.7 Å². The van der Waals surface area contributed by atoms with Gasteiger partial charge in [0, 0.05) is 22.2 Å². The van der Waals surface area contributed by atoms with Crippen LogP contribution >= 0.6 is 27.5 Å². The van der Waals surface area contributed by atoms with Gasteiger partial charge in [0.1, 0.15) is 11.5 Å². The monoisotopic (exact) mass is 535 g/mol. The molecule has 0 aliphatic rings. The Bertz CT molecular complexity index is 1540. The zero-order valence-corrected chi connectivity index (χ0v) is 19.7. The molecule has 168 valence electrons. The van der Waals surface area contributed by atoms with Crippen LogP contribution in [0.2, 0.25) is 5.02 Å². The summed E-state index contributed by atoms with van der Waals surface area (Å²) in [5.41, 5.74) is 1.56. The molecular formula is C24H15BrClN5O3. The number of carbonyl (C=O) groups excluding carboxylic acids is 1. The van der Waals surface area contributed by atoms with Crippen molar-refractivity contribution in [3.8, 4) is 28.7 Å². The molecule has 5 rings (SSSR count). The molecule has 0 fully saturated rings. The summed E-state index contributed by atoms with van der Waals surface area (Å²) in [5.74, 6) is 0.414. The molecule has 0 unspecified atom stereocenters. The normalized spacial score (nSPS) is 10.9. The summed E-state index contributed by atoms with van der Waals surface area (Å²) in [6.45, 7) is 0. The first kappa shape index (κ1) is 21.9. The largest absolute Gasteiger partial charge is 0.463 e. The lowest BCUT2D eigenvalue weighted by molar-refractivity contribution is 0.102. The van der Waals surface area contributed by atoms with Gasteiger partial charge in [0.25, 0.3) is 11.5 Å². The van der Waals surface area contributed by atoms with Gasteiger partial charge in [0.15, 0.2) is 5.76 Å². The number of amides is 1. The molecule has 0 aliphatic carbocycles. The number of hydrogen-bond donors (Lipinski definition) is 2. The molecule has 0 spiro atoms. The quantitative estimate of drug-likeness (QED) is 0.306. The third kappa shape index (κ3) is 4.43. The van der Waals surface area contributed by atoms with E-state index in [9.17, 15) is 9.59 Å². The van der Waals surface area contributed by atoms with Crippen molar-refractivity contribution in [1.29, 1.82) is 0 Å². The fourth-order valence-corrected chi connectivity index (χ4v) is 3.90. The molecule has 3 heterocycles. The van der Waals surface area contributed by atoms with E-state index in [2.05, 4.69) is 36.3 Å². The number of benzene rings is 2. The Hall–Kier alpha value is -3.95. The number of nitrogens with one attached hydrogen (secondary N) is 2. The van der Waals surface area contributed by atoms with Gasteiger partial charge in [-0.15, -0.1) is 0 Å². The maximum atomic E-state index is 13.0. The zero-order chi connectivity index (χ0) is 23.7. The Morgan fingerprint density at radius 3 is 2.62 bits per heavy atom. The molecule has 3 aromatic heterocycles. The smallest absolute Gasteiger partial charge is 0.258 e. The molecule has 0 radical (unpaired) electrons. The maximum Gasteiger partial charge on any atom is 0.258 e. The van der Waals surface area contributed by atoms with Crippen molar-refractivity contribution in [3.63, 3.8) is 0 Å². The first-order chi connectivity index (χ1) is 16.5. The number of furan rings is 1. The van der Waals surface area contributed by atoms with Crippen molar-refractivity contribution < 1.29 is 9.21 Å². The minimum Gasteiger partial charge on any atom is -0.463 e. The number of hydrogen-bond acceptors (Lipinski definition) is 5. The van der Waals surface area contributed by atoms with Crippen LogP contribution in [-0.2, 0) is 0 Å². The first-order valence-corrected chi connectivity index (χ1v) is 11.2. The summed E-state index contributed by atoms with van der Waals surface area (Å²) < 4.78 is 7.50. The molecule has 0 bridgehead atoms. The van der Waals surface area contributed by atoms with Crippen LogP contribution in [0, 0.1) is 0 Å². The summed E-state index contributed by atoms with van der Waals surface area (Å²) >= 11 is 9.58. The minimum atomic E-state index is -0.458. The number of halogens is 2. The number of anilines is 1. The van der Waals surface area contributed by atoms with E-state index >= 15 is 0 Å². The highest BCUT2D eigenvalue weighted by atomic mass is 79.9. The Balaban J connectivity index is 1.61. The fraction of sp³-hybridized carbons (Fsp3) is 0. The van der Waals surface area contributed by atoms with E-state index in [0.717, 1.165) is 5.56 Å². The third-order valence-electron chi connectivity index (χ3n) is 4.90. The van der Waals surface area contributed by atoms with E-state index in [1.807, 2.05) is 30.3 Å². The van der Waals surface area contributed by atoms with Gasteiger partial charge >= 0.3 is 0 Å². The highest BCUT2D eigenvalue weighted by Gasteiger charge is 2.19. The van der Waals surface area contributed by atoms with Crippen molar-refractivity contribution >= 4 is 39.3 Å². The highest BCUT2D eigenvalue weighted by molar-refractivity contribution is 9.10. The van der Waals surface area contributed by atoms with Gasteiger partial charge in [0.2, 0.25) is 5.95 Å². The van der Waals surface area contributed by atoms with Gasteiger partial charge in [-0.3, -0.25) is 14.6 Å². The topological polar surface area (TPSA) is 106 Å². The van der Waals surface area contributed by atoms with Gasteiger partial charge in [-0.05, 0) is 30.3 Å². The van der Waals surface area contributed by atoms with Gasteiger partial charge in [-0.2, -0.15) is 9.78 Å². The lowest BCUT2D eigenvalue weighted by atomic mass is 10.1. The molecule has 0 atom stereocenters. The third-order valence-corrected chi connectivity index (χ3v) is 5.72. The van der Waals surface area contributed by atoms with Crippen LogP contribution < -0.4 is 10.9 Å². The SMILES string of the molecule is O=C(Nc1cc(-c2ccco2)nn1-c1nc(-c2ccccc2)cc(=O)[nH]1)c1cc(Br)ccc1Cl. The van der Waals surface area contributed by atoms with Crippen molar-refractivity contribution in [2.45, 2.75) is 0 Å². The number of carbonyl (C=O) groups is 1. The lowest BCUT2D eigenvalue weighted by Gasteiger charge is -2.10. The Kier molecular flexibility index (Phi) is 5.87. The summed E-state index contributed by atoms with van der Waals surface area (Å²) in [4.78, 5) is 32.8. The van der Waals surface area contributed by atoms with E-state index in [1.54, 1.807) is 36.4 Å². The van der Waals surface area contributed by atoms with Crippen molar-refractivity contribution in [2.75, 3.05) is 5.32 Å². The molecule has 2 aromatic carbocycles. The second-order valence-electron chi connectivity index (χ2n) is 7.20. The molecule has 1 amide bonds. The Labute approximate surface area is 206 Å². The Morgan fingerprint density at radius 1 is 1.03 bits per heavy atom. The second-order valence-corrected chi connectivity index (χ2v) is 8.53. The molecule has 10 heteroatoms. The van der Waals surface area contributed by atoms with Crippen molar-refractivity contribution in [2.24, 2.45) is 0 Å². The highest BCUT2D eigenvalue weighted by Crippen LogP contribution is 2.27. The van der Waals surface area contributed by atoms with Gasteiger partial charge < -0.3 is 9.73 Å². The predicted octanol–water partition coefficient (Wildman–Crippen LogP) is 5.55. The standard InChI is InChI=1S/C24H15BrClN5O3/c25-15-8-9-17(26)16(11-15)23(33)28-21-12-19(20-7-4-10-34-20)30-31(21)24-27-18(13-22(32)29-24)14-5-2-1-3-6-14/h1-13H,(H,28,33)(H,27,29,32). The molecular weight excluding hydrogens is 522 g/mol. The van der Waals surface area contributed by atoms with E-state index in [-0.39, 0.29) is 27.9 Å². The van der Waals surface area contributed by atoms with Crippen LogP contribution in [0.1, 0.15) is 10.4 Å². The second kappa shape index (κ2) is 9.12. The average molecular weight is 537 g/mol. The van der Waals surface area contributed by atoms with Gasteiger partial charge in [-0.25, -0.2) is 4.98 Å². The predicted molar refractivity (Wildman–Crippen MR) is 132 cm³/mol. The van der Waals surface area contributed by atoms with Crippen molar-refractivity contribution in [1.82, 2.24) is 19.7 Å². The van der Waals surface area contributed by atoms with Crippen LogP contribution in [0.25, 0.3) is 28.7 Å². The number of aromatic nitrogens is 4. The fourth-order valence-electron chi connectivity index (χ4n) is 3.33. The molecule has 0 saturated heterocycles. The first-order valence-electron chi connectivity index (χ1n) is 10.1. The van der Waals surface area contributed by atoms with E-state index in [0.29, 0.717) is 21.6 Å².